The molecule has 1 aromatic rings. The number of aromatic nitrogens is 1. The highest BCUT2D eigenvalue weighted by molar-refractivity contribution is 5.88. The number of anilines is 1. The van der Waals surface area contributed by atoms with Crippen molar-refractivity contribution in [2.45, 2.75) is 25.4 Å². The lowest BCUT2D eigenvalue weighted by molar-refractivity contribution is -0.135. The van der Waals surface area contributed by atoms with Crippen LogP contribution in [0, 0.1) is 5.82 Å². The summed E-state index contributed by atoms with van der Waals surface area (Å²) >= 11 is 0. The zero-order valence-corrected chi connectivity index (χ0v) is 9.80. The zero-order chi connectivity index (χ0) is 14.5. The summed E-state index contributed by atoms with van der Waals surface area (Å²) in [5.74, 6) is -2.72. The normalized spacial score (nSPS) is 11.4. The SMILES string of the molecule is O=C(O)c1ccnc(NCCCCC(F)(F)F)c1F. The summed E-state index contributed by atoms with van der Waals surface area (Å²) in [7, 11) is 0. The van der Waals surface area contributed by atoms with Crippen molar-refractivity contribution in [3.63, 3.8) is 0 Å². The highest BCUT2D eigenvalue weighted by atomic mass is 19.4. The molecule has 0 aromatic carbocycles. The largest absolute Gasteiger partial charge is 0.478 e. The predicted molar refractivity (Wildman–Crippen MR) is 59.6 cm³/mol. The van der Waals surface area contributed by atoms with E-state index in [9.17, 15) is 22.4 Å². The number of carboxylic acids is 1. The molecule has 1 aromatic heterocycles. The Labute approximate surface area is 106 Å². The highest BCUT2D eigenvalue weighted by Gasteiger charge is 2.25. The Hall–Kier alpha value is -1.86. The topological polar surface area (TPSA) is 62.2 Å². The minimum atomic E-state index is -4.20. The van der Waals surface area contributed by atoms with Crippen molar-refractivity contribution < 1.29 is 27.5 Å². The lowest BCUT2D eigenvalue weighted by Crippen LogP contribution is -2.11. The molecule has 0 fully saturated rings. The molecule has 0 aliphatic carbocycles. The second kappa shape index (κ2) is 6.35. The van der Waals surface area contributed by atoms with Gasteiger partial charge in [-0.05, 0) is 18.9 Å². The molecule has 0 bridgehead atoms. The van der Waals surface area contributed by atoms with E-state index < -0.39 is 29.9 Å². The number of carbonyl (C=O) groups is 1. The van der Waals surface area contributed by atoms with E-state index in [1.165, 1.54) is 0 Å². The number of pyridine rings is 1. The van der Waals surface area contributed by atoms with Gasteiger partial charge in [0.1, 0.15) is 5.56 Å². The molecule has 19 heavy (non-hydrogen) atoms. The quantitative estimate of drug-likeness (QED) is 0.621. The summed E-state index contributed by atoms with van der Waals surface area (Å²) in [6.07, 6.45) is -3.90. The van der Waals surface area contributed by atoms with Gasteiger partial charge in [0.15, 0.2) is 11.6 Å². The van der Waals surface area contributed by atoms with Gasteiger partial charge in [-0.25, -0.2) is 14.2 Å². The van der Waals surface area contributed by atoms with Crippen LogP contribution in [-0.4, -0.2) is 28.8 Å². The number of nitrogens with zero attached hydrogens (tertiary/aromatic N) is 1. The van der Waals surface area contributed by atoms with Crippen LogP contribution in [0.4, 0.5) is 23.4 Å². The van der Waals surface area contributed by atoms with Gasteiger partial charge in [0.25, 0.3) is 0 Å². The third kappa shape index (κ3) is 5.11. The zero-order valence-electron chi connectivity index (χ0n) is 9.80. The van der Waals surface area contributed by atoms with Crippen molar-refractivity contribution >= 4 is 11.8 Å². The van der Waals surface area contributed by atoms with E-state index in [4.69, 9.17) is 5.11 Å². The second-order valence-corrected chi connectivity index (χ2v) is 3.83. The molecular weight excluding hydrogens is 268 g/mol. The maximum atomic E-state index is 13.5. The molecule has 1 heterocycles. The molecule has 0 aliphatic heterocycles. The van der Waals surface area contributed by atoms with Gasteiger partial charge in [0.05, 0.1) is 0 Å². The smallest absolute Gasteiger partial charge is 0.389 e. The van der Waals surface area contributed by atoms with Crippen molar-refractivity contribution in [3.8, 4) is 0 Å². The molecule has 0 saturated carbocycles. The standard InChI is InChI=1S/C11H12F4N2O2/c12-8-7(10(18)19)3-6-17-9(8)16-5-2-1-4-11(13,14)15/h3,6H,1-2,4-5H2,(H,16,17)(H,18,19). The van der Waals surface area contributed by atoms with Gasteiger partial charge in [-0.3, -0.25) is 0 Å². The van der Waals surface area contributed by atoms with Crippen LogP contribution in [0.25, 0.3) is 0 Å². The molecule has 1 rings (SSSR count). The molecule has 0 atom stereocenters. The van der Waals surface area contributed by atoms with Crippen LogP contribution in [0.2, 0.25) is 0 Å². The Kier molecular flexibility index (Phi) is 5.08. The fraction of sp³-hybridized carbons (Fsp3) is 0.455. The van der Waals surface area contributed by atoms with Crippen LogP contribution in [-0.2, 0) is 0 Å². The first kappa shape index (κ1) is 15.2. The average Bonchev–Trinajstić information content (AvgIpc) is 2.28. The molecule has 8 heteroatoms. The first-order chi connectivity index (χ1) is 8.81. The number of hydrogen-bond donors (Lipinski definition) is 2. The van der Waals surface area contributed by atoms with Gasteiger partial charge in [-0.15, -0.1) is 0 Å². The number of nitrogens with one attached hydrogen (secondary N) is 1. The van der Waals surface area contributed by atoms with Gasteiger partial charge in [-0.2, -0.15) is 13.2 Å². The maximum Gasteiger partial charge on any atom is 0.389 e. The van der Waals surface area contributed by atoms with Crippen LogP contribution >= 0.6 is 0 Å². The number of hydrogen-bond acceptors (Lipinski definition) is 3. The summed E-state index contributed by atoms with van der Waals surface area (Å²) < 4.78 is 49.1. The Bertz CT molecular complexity index is 449. The van der Waals surface area contributed by atoms with Gasteiger partial charge in [0.2, 0.25) is 0 Å². The number of carboxylic acid groups (broad SMARTS) is 1. The monoisotopic (exact) mass is 280 g/mol. The maximum absolute atomic E-state index is 13.5. The minimum absolute atomic E-state index is 0.0864. The molecular formula is C11H12F4N2O2. The van der Waals surface area contributed by atoms with Crippen LogP contribution in [0.15, 0.2) is 12.3 Å². The first-order valence-corrected chi connectivity index (χ1v) is 5.49. The van der Waals surface area contributed by atoms with Crippen LogP contribution in [0.3, 0.4) is 0 Å². The first-order valence-electron chi connectivity index (χ1n) is 5.49. The molecule has 0 aliphatic rings. The summed E-state index contributed by atoms with van der Waals surface area (Å²) in [5, 5.41) is 11.1. The Balaban J connectivity index is 2.46. The fourth-order valence-corrected chi connectivity index (χ4v) is 1.39. The van der Waals surface area contributed by atoms with E-state index >= 15 is 0 Å². The van der Waals surface area contributed by atoms with Crippen LogP contribution in [0.1, 0.15) is 29.6 Å². The third-order valence-corrected chi connectivity index (χ3v) is 2.30. The number of unbranched alkanes of at least 4 members (excludes halogenated alkanes) is 1. The van der Waals surface area contributed by atoms with E-state index in [0.29, 0.717) is 0 Å². The highest BCUT2D eigenvalue weighted by Crippen LogP contribution is 2.22. The van der Waals surface area contributed by atoms with E-state index in [0.717, 1.165) is 12.3 Å². The van der Waals surface area contributed by atoms with E-state index in [1.807, 2.05) is 0 Å². The van der Waals surface area contributed by atoms with Crippen molar-refractivity contribution in [2.75, 3.05) is 11.9 Å². The van der Waals surface area contributed by atoms with Crippen LogP contribution in [0.5, 0.6) is 0 Å². The average molecular weight is 280 g/mol. The summed E-state index contributed by atoms with van der Waals surface area (Å²) in [4.78, 5) is 14.2. The van der Waals surface area contributed by atoms with E-state index in [2.05, 4.69) is 10.3 Å². The van der Waals surface area contributed by atoms with Crippen molar-refractivity contribution in [3.05, 3.63) is 23.6 Å². The minimum Gasteiger partial charge on any atom is -0.478 e. The molecule has 4 nitrogen and oxygen atoms in total. The van der Waals surface area contributed by atoms with Crippen LogP contribution < -0.4 is 5.32 Å². The van der Waals surface area contributed by atoms with Crippen molar-refractivity contribution in [2.24, 2.45) is 0 Å². The van der Waals surface area contributed by atoms with Gasteiger partial charge < -0.3 is 10.4 Å². The van der Waals surface area contributed by atoms with E-state index in [1.54, 1.807) is 0 Å². The number of aromatic carboxylic acids is 1. The molecule has 0 saturated heterocycles. The molecule has 0 amide bonds. The lowest BCUT2D eigenvalue weighted by atomic mass is 10.2. The van der Waals surface area contributed by atoms with Crippen molar-refractivity contribution in [1.29, 1.82) is 0 Å². The molecule has 2 N–H and O–H groups in total. The van der Waals surface area contributed by atoms with E-state index in [-0.39, 0.29) is 25.2 Å². The fourth-order valence-electron chi connectivity index (χ4n) is 1.39. The lowest BCUT2D eigenvalue weighted by Gasteiger charge is -2.08. The third-order valence-electron chi connectivity index (χ3n) is 2.30. The van der Waals surface area contributed by atoms with Gasteiger partial charge >= 0.3 is 12.1 Å². The number of alkyl halides is 3. The predicted octanol–water partition coefficient (Wildman–Crippen LogP) is 3.06. The molecule has 0 radical (unpaired) electrons. The Morgan fingerprint density at radius 2 is 2.05 bits per heavy atom. The van der Waals surface area contributed by atoms with Gasteiger partial charge in [0, 0.05) is 19.2 Å². The molecule has 0 spiro atoms. The Morgan fingerprint density at radius 3 is 2.63 bits per heavy atom. The summed E-state index contributed by atoms with van der Waals surface area (Å²) in [5.41, 5.74) is -0.534. The molecule has 106 valence electrons. The van der Waals surface area contributed by atoms with Crippen molar-refractivity contribution in [1.82, 2.24) is 4.98 Å². The van der Waals surface area contributed by atoms with Gasteiger partial charge in [-0.1, -0.05) is 0 Å². The molecule has 0 unspecified atom stereocenters. The second-order valence-electron chi connectivity index (χ2n) is 3.83. The number of halogens is 4. The number of rotatable bonds is 6. The summed E-state index contributed by atoms with van der Waals surface area (Å²) in [6, 6.07) is 1.01. The Morgan fingerprint density at radius 1 is 1.37 bits per heavy atom. The summed E-state index contributed by atoms with van der Waals surface area (Å²) in [6.45, 7) is 0.0864.